The van der Waals surface area contributed by atoms with Crippen LogP contribution in [0, 0.1) is 0 Å². The largest absolute Gasteiger partial charge is 0.253 e. The lowest BCUT2D eigenvalue weighted by Gasteiger charge is -1.86. The highest BCUT2D eigenvalue weighted by molar-refractivity contribution is 4.90. The van der Waals surface area contributed by atoms with Crippen LogP contribution in [0.5, 0.6) is 0 Å². The molecule has 9 heavy (non-hydrogen) atoms. The van der Waals surface area contributed by atoms with Crippen molar-refractivity contribution in [2.75, 3.05) is 0 Å². The van der Waals surface area contributed by atoms with E-state index in [4.69, 9.17) is 0 Å². The first-order chi connectivity index (χ1) is 4.36. The topological polar surface area (TPSA) is 30.7 Å². The second-order valence-corrected chi connectivity index (χ2v) is 1.92. The van der Waals surface area contributed by atoms with Crippen molar-refractivity contribution in [1.29, 1.82) is 0 Å². The summed E-state index contributed by atoms with van der Waals surface area (Å²) in [6, 6.07) is 0. The van der Waals surface area contributed by atoms with Gasteiger partial charge >= 0.3 is 0 Å². The molecule has 0 unspecified atom stereocenters. The van der Waals surface area contributed by atoms with Gasteiger partial charge in [0.15, 0.2) is 0 Å². The van der Waals surface area contributed by atoms with Gasteiger partial charge in [-0.15, -0.1) is 5.10 Å². The second-order valence-electron chi connectivity index (χ2n) is 1.92. The highest BCUT2D eigenvalue weighted by atomic mass is 15.4. The molecule has 0 saturated heterocycles. The van der Waals surface area contributed by atoms with Crippen LogP contribution in [0.1, 0.15) is 19.5 Å². The predicted octanol–water partition coefficient (Wildman–Crippen LogP) is 0.860. The minimum Gasteiger partial charge on any atom is -0.253 e. The van der Waals surface area contributed by atoms with Gasteiger partial charge in [-0.1, -0.05) is 12.1 Å². The van der Waals surface area contributed by atoms with E-state index in [-0.39, 0.29) is 0 Å². The number of rotatable bonds is 2. The highest BCUT2D eigenvalue weighted by Gasteiger charge is 1.92. The fourth-order valence-corrected chi connectivity index (χ4v) is 0.655. The van der Waals surface area contributed by atoms with E-state index in [9.17, 15) is 0 Å². The van der Waals surface area contributed by atoms with E-state index < -0.39 is 0 Å². The molecule has 0 aliphatic carbocycles. The van der Waals surface area contributed by atoms with E-state index in [1.807, 2.05) is 17.8 Å². The maximum absolute atomic E-state index is 3.92. The monoisotopic (exact) mass is 125 g/mol. The van der Waals surface area contributed by atoms with Crippen LogP contribution in [0.25, 0.3) is 0 Å². The molecule has 0 saturated carbocycles. The third-order valence-electron chi connectivity index (χ3n) is 1.27. The maximum atomic E-state index is 3.92. The van der Waals surface area contributed by atoms with Crippen LogP contribution in [0.4, 0.5) is 0 Å². The number of hydrogen-bond donors (Lipinski definition) is 0. The summed E-state index contributed by atoms with van der Waals surface area (Å²) in [6.45, 7) is 5.03. The molecular formula is C6H11N3. The van der Waals surface area contributed by atoms with E-state index in [1.54, 1.807) is 0 Å². The van der Waals surface area contributed by atoms with Crippen molar-refractivity contribution in [3.63, 3.8) is 0 Å². The molecule has 1 aromatic rings. The Morgan fingerprint density at radius 2 is 2.33 bits per heavy atom. The smallest absolute Gasteiger partial charge is 0.0824 e. The number of hydrogen-bond acceptors (Lipinski definition) is 2. The Balaban J connectivity index is 2.74. The van der Waals surface area contributed by atoms with E-state index in [2.05, 4.69) is 17.2 Å². The van der Waals surface area contributed by atoms with Gasteiger partial charge in [0.25, 0.3) is 0 Å². The van der Waals surface area contributed by atoms with Crippen molar-refractivity contribution in [2.45, 2.75) is 26.8 Å². The lowest BCUT2D eigenvalue weighted by Crippen LogP contribution is -1.93. The number of nitrogens with zero attached hydrogens (tertiary/aromatic N) is 3. The Bertz CT molecular complexity index is 162. The van der Waals surface area contributed by atoms with Crippen LogP contribution in [0.3, 0.4) is 0 Å². The first-order valence-electron chi connectivity index (χ1n) is 3.25. The van der Waals surface area contributed by atoms with Crippen molar-refractivity contribution in [2.24, 2.45) is 0 Å². The van der Waals surface area contributed by atoms with Crippen LogP contribution in [-0.4, -0.2) is 15.0 Å². The Morgan fingerprint density at radius 1 is 1.56 bits per heavy atom. The molecule has 50 valence electrons. The summed E-state index contributed by atoms with van der Waals surface area (Å²) < 4.78 is 1.83. The molecule has 0 N–H and O–H groups in total. The van der Waals surface area contributed by atoms with E-state index >= 15 is 0 Å². The zero-order chi connectivity index (χ0) is 6.69. The van der Waals surface area contributed by atoms with E-state index in [0.717, 1.165) is 18.7 Å². The Kier molecular flexibility index (Phi) is 1.82. The lowest BCUT2D eigenvalue weighted by molar-refractivity contribution is 0.626. The molecule has 0 atom stereocenters. The normalized spacial score (nSPS) is 10.0. The SMILES string of the molecule is CCc1cn(CC)nn1. The number of aromatic nitrogens is 3. The minimum absolute atomic E-state index is 0.910. The summed E-state index contributed by atoms with van der Waals surface area (Å²) in [6.07, 6.45) is 2.94. The van der Waals surface area contributed by atoms with Crippen molar-refractivity contribution >= 4 is 0 Å². The fourth-order valence-electron chi connectivity index (χ4n) is 0.655. The molecule has 0 aromatic carbocycles. The molecule has 0 bridgehead atoms. The summed E-state index contributed by atoms with van der Waals surface area (Å²) in [4.78, 5) is 0. The average Bonchev–Trinajstić information content (AvgIpc) is 2.34. The zero-order valence-corrected chi connectivity index (χ0v) is 5.83. The Hall–Kier alpha value is -0.860. The predicted molar refractivity (Wildman–Crippen MR) is 35.1 cm³/mol. The Labute approximate surface area is 54.7 Å². The lowest BCUT2D eigenvalue weighted by atomic mass is 10.4. The molecule has 1 rings (SSSR count). The van der Waals surface area contributed by atoms with Gasteiger partial charge < -0.3 is 0 Å². The summed E-state index contributed by atoms with van der Waals surface area (Å²) in [5.74, 6) is 0. The average molecular weight is 125 g/mol. The summed E-state index contributed by atoms with van der Waals surface area (Å²) >= 11 is 0. The summed E-state index contributed by atoms with van der Waals surface area (Å²) in [7, 11) is 0. The second kappa shape index (κ2) is 2.62. The molecule has 0 amide bonds. The van der Waals surface area contributed by atoms with Crippen molar-refractivity contribution in [3.8, 4) is 0 Å². The van der Waals surface area contributed by atoms with Crippen LogP contribution in [-0.2, 0) is 13.0 Å². The molecule has 0 spiro atoms. The van der Waals surface area contributed by atoms with E-state index in [1.165, 1.54) is 0 Å². The first kappa shape index (κ1) is 6.26. The summed E-state index contributed by atoms with van der Waals surface area (Å²) in [5.41, 5.74) is 1.07. The van der Waals surface area contributed by atoms with Gasteiger partial charge in [-0.3, -0.25) is 4.68 Å². The molecule has 1 aromatic heterocycles. The quantitative estimate of drug-likeness (QED) is 0.587. The molecule has 0 radical (unpaired) electrons. The van der Waals surface area contributed by atoms with Crippen LogP contribution < -0.4 is 0 Å². The van der Waals surface area contributed by atoms with Crippen molar-refractivity contribution in [3.05, 3.63) is 11.9 Å². The highest BCUT2D eigenvalue weighted by Crippen LogP contribution is 1.91. The molecule has 0 aliphatic rings. The third kappa shape index (κ3) is 1.28. The molecule has 3 heteroatoms. The van der Waals surface area contributed by atoms with Gasteiger partial charge in [0.1, 0.15) is 0 Å². The van der Waals surface area contributed by atoms with Gasteiger partial charge in [-0.2, -0.15) is 0 Å². The van der Waals surface area contributed by atoms with Gasteiger partial charge in [0, 0.05) is 12.7 Å². The van der Waals surface area contributed by atoms with Crippen LogP contribution in [0.15, 0.2) is 6.20 Å². The maximum Gasteiger partial charge on any atom is 0.0824 e. The van der Waals surface area contributed by atoms with Crippen molar-refractivity contribution < 1.29 is 0 Å². The minimum atomic E-state index is 0.910. The molecule has 3 nitrogen and oxygen atoms in total. The molecule has 1 heterocycles. The standard InChI is InChI=1S/C6H11N3/c1-3-6-5-9(4-2)8-7-6/h5H,3-4H2,1-2H3. The number of aryl methyl sites for hydroxylation is 2. The summed E-state index contributed by atoms with van der Waals surface area (Å²) in [5, 5.41) is 7.79. The van der Waals surface area contributed by atoms with Gasteiger partial charge in [-0.25, -0.2) is 0 Å². The first-order valence-corrected chi connectivity index (χ1v) is 3.25. The van der Waals surface area contributed by atoms with Gasteiger partial charge in [0.05, 0.1) is 5.69 Å². The molecule has 0 aliphatic heterocycles. The third-order valence-corrected chi connectivity index (χ3v) is 1.27. The zero-order valence-electron chi connectivity index (χ0n) is 5.83. The van der Waals surface area contributed by atoms with Crippen molar-refractivity contribution in [1.82, 2.24) is 15.0 Å². The molecular weight excluding hydrogens is 114 g/mol. The van der Waals surface area contributed by atoms with Crippen LogP contribution >= 0.6 is 0 Å². The molecule has 0 fully saturated rings. The fraction of sp³-hybridized carbons (Fsp3) is 0.667. The Morgan fingerprint density at radius 3 is 2.67 bits per heavy atom. The van der Waals surface area contributed by atoms with Gasteiger partial charge in [-0.05, 0) is 13.3 Å². The van der Waals surface area contributed by atoms with Crippen LogP contribution in [0.2, 0.25) is 0 Å². The van der Waals surface area contributed by atoms with Gasteiger partial charge in [0.2, 0.25) is 0 Å². The van der Waals surface area contributed by atoms with E-state index in [0.29, 0.717) is 0 Å².